The monoisotopic (exact) mass is 567 g/mol. The number of amides is 1. The number of rotatable bonds is 8. The fraction of sp³-hybridized carbons (Fsp3) is 0.370. The van der Waals surface area contributed by atoms with Gasteiger partial charge in [-0.1, -0.05) is 12.1 Å². The summed E-state index contributed by atoms with van der Waals surface area (Å²) in [5.74, 6) is 0.0435. The van der Waals surface area contributed by atoms with Crippen LogP contribution in [0.15, 0.2) is 54.6 Å². The first kappa shape index (κ1) is 29.1. The Kier molecular flexibility index (Phi) is 8.82. The van der Waals surface area contributed by atoms with Crippen molar-refractivity contribution < 1.29 is 35.9 Å². The van der Waals surface area contributed by atoms with Crippen molar-refractivity contribution in [2.75, 3.05) is 44.2 Å². The summed E-state index contributed by atoms with van der Waals surface area (Å²) in [6.07, 6.45) is -9.04. The molecule has 1 aromatic heterocycles. The number of piperazine rings is 1. The van der Waals surface area contributed by atoms with E-state index in [-0.39, 0.29) is 5.69 Å². The van der Waals surface area contributed by atoms with Crippen LogP contribution < -0.4 is 15.0 Å². The molecule has 1 aliphatic heterocycles. The van der Waals surface area contributed by atoms with Gasteiger partial charge in [0.05, 0.1) is 12.2 Å². The molecule has 0 unspecified atom stereocenters. The van der Waals surface area contributed by atoms with Crippen molar-refractivity contribution >= 4 is 11.7 Å². The van der Waals surface area contributed by atoms with E-state index in [2.05, 4.69) is 10.2 Å². The molecule has 0 saturated carbocycles. The number of nitrogens with one attached hydrogen (secondary N) is 1. The number of ether oxygens (including phenoxy) is 1. The molecule has 0 radical (unpaired) electrons. The predicted molar refractivity (Wildman–Crippen MR) is 136 cm³/mol. The molecule has 7 nitrogen and oxygen atoms in total. The molecule has 1 aliphatic rings. The molecule has 4 rings (SSSR count). The van der Waals surface area contributed by atoms with Gasteiger partial charge in [0, 0.05) is 32.7 Å². The minimum absolute atomic E-state index is 0.237. The van der Waals surface area contributed by atoms with Crippen LogP contribution in [0.2, 0.25) is 0 Å². The van der Waals surface area contributed by atoms with Gasteiger partial charge in [0.15, 0.2) is 11.5 Å². The van der Waals surface area contributed by atoms with Crippen LogP contribution in [0.4, 0.5) is 32.2 Å². The molecule has 0 spiro atoms. The number of hydrogen-bond acceptors (Lipinski definition) is 6. The van der Waals surface area contributed by atoms with Crippen molar-refractivity contribution in [3.05, 3.63) is 71.4 Å². The van der Waals surface area contributed by atoms with Crippen LogP contribution in [-0.2, 0) is 12.7 Å². The lowest BCUT2D eigenvalue weighted by atomic mass is 9.99. The van der Waals surface area contributed by atoms with Crippen molar-refractivity contribution in [1.29, 1.82) is 0 Å². The van der Waals surface area contributed by atoms with Crippen LogP contribution in [0, 0.1) is 0 Å². The molecular formula is C27H27F6N5O2. The lowest BCUT2D eigenvalue weighted by Crippen LogP contribution is -2.46. The van der Waals surface area contributed by atoms with Gasteiger partial charge in [0.1, 0.15) is 12.3 Å². The maximum Gasteiger partial charge on any atom is 0.416 e. The lowest BCUT2D eigenvalue weighted by Gasteiger charge is -2.35. The van der Waals surface area contributed by atoms with Crippen LogP contribution in [0.5, 0.6) is 5.75 Å². The summed E-state index contributed by atoms with van der Waals surface area (Å²) in [7, 11) is 0. The van der Waals surface area contributed by atoms with Crippen LogP contribution in [0.25, 0.3) is 11.1 Å². The molecule has 1 amide bonds. The van der Waals surface area contributed by atoms with E-state index in [0.717, 1.165) is 12.1 Å². The first-order chi connectivity index (χ1) is 18.9. The third-order valence-corrected chi connectivity index (χ3v) is 6.23. The highest BCUT2D eigenvalue weighted by atomic mass is 19.4. The highest BCUT2D eigenvalue weighted by Crippen LogP contribution is 2.35. The average Bonchev–Trinajstić information content (AvgIpc) is 2.91. The molecule has 1 fully saturated rings. The van der Waals surface area contributed by atoms with Gasteiger partial charge in [-0.2, -0.15) is 26.3 Å². The van der Waals surface area contributed by atoms with Crippen molar-refractivity contribution in [3.63, 3.8) is 0 Å². The summed E-state index contributed by atoms with van der Waals surface area (Å²) >= 11 is 0. The van der Waals surface area contributed by atoms with Gasteiger partial charge >= 0.3 is 12.4 Å². The Morgan fingerprint density at radius 2 is 1.68 bits per heavy atom. The third kappa shape index (κ3) is 7.84. The van der Waals surface area contributed by atoms with Gasteiger partial charge in [0.25, 0.3) is 5.91 Å². The molecule has 1 N–H and O–H groups in total. The normalized spacial score (nSPS) is 14.7. The van der Waals surface area contributed by atoms with Crippen molar-refractivity contribution in [2.45, 2.75) is 25.8 Å². The second-order valence-corrected chi connectivity index (χ2v) is 9.22. The maximum atomic E-state index is 13.7. The zero-order valence-corrected chi connectivity index (χ0v) is 21.5. The Balaban J connectivity index is 1.41. The Morgan fingerprint density at radius 3 is 2.30 bits per heavy atom. The van der Waals surface area contributed by atoms with Crippen molar-refractivity contribution in [3.8, 4) is 16.9 Å². The third-order valence-electron chi connectivity index (χ3n) is 6.23. The summed E-state index contributed by atoms with van der Waals surface area (Å²) in [6.45, 7) is 3.16. The summed E-state index contributed by atoms with van der Waals surface area (Å²) in [5, 5.41) is 9.43. The molecule has 40 heavy (non-hydrogen) atoms. The van der Waals surface area contributed by atoms with E-state index >= 15 is 0 Å². The minimum Gasteiger partial charge on any atom is -0.494 e. The summed E-state index contributed by atoms with van der Waals surface area (Å²) in [4.78, 5) is 15.7. The predicted octanol–water partition coefficient (Wildman–Crippen LogP) is 5.18. The largest absolute Gasteiger partial charge is 0.494 e. The topological polar surface area (TPSA) is 70.6 Å². The van der Waals surface area contributed by atoms with E-state index in [4.69, 9.17) is 4.74 Å². The zero-order chi connectivity index (χ0) is 28.9. The van der Waals surface area contributed by atoms with Gasteiger partial charge in [-0.3, -0.25) is 9.69 Å². The molecular weight excluding hydrogens is 540 g/mol. The Morgan fingerprint density at radius 1 is 0.925 bits per heavy atom. The number of hydrogen-bond donors (Lipinski definition) is 1. The number of benzene rings is 2. The smallest absolute Gasteiger partial charge is 0.416 e. The molecule has 0 aliphatic carbocycles. The number of aromatic nitrogens is 2. The molecule has 0 bridgehead atoms. The van der Waals surface area contributed by atoms with E-state index < -0.39 is 30.4 Å². The molecule has 2 aromatic carbocycles. The molecule has 3 aromatic rings. The van der Waals surface area contributed by atoms with E-state index in [1.807, 2.05) is 16.7 Å². The van der Waals surface area contributed by atoms with Gasteiger partial charge < -0.3 is 15.0 Å². The van der Waals surface area contributed by atoms with Crippen molar-refractivity contribution in [2.24, 2.45) is 0 Å². The fourth-order valence-corrected chi connectivity index (χ4v) is 4.33. The van der Waals surface area contributed by atoms with Gasteiger partial charge in [-0.15, -0.1) is 10.2 Å². The fourth-order valence-electron chi connectivity index (χ4n) is 4.33. The van der Waals surface area contributed by atoms with Crippen LogP contribution >= 0.6 is 0 Å². The molecule has 13 heteroatoms. The zero-order valence-electron chi connectivity index (χ0n) is 21.5. The average molecular weight is 568 g/mol. The number of carbonyl (C=O) groups excluding carboxylic acids is 1. The first-order valence-corrected chi connectivity index (χ1v) is 12.5. The Labute approximate surface area is 226 Å². The van der Waals surface area contributed by atoms with Crippen LogP contribution in [0.3, 0.4) is 0 Å². The lowest BCUT2D eigenvalue weighted by molar-refractivity contribution is -0.137. The highest BCUT2D eigenvalue weighted by Gasteiger charge is 2.32. The summed E-state index contributed by atoms with van der Waals surface area (Å²) in [6, 6.07) is 13.8. The van der Waals surface area contributed by atoms with E-state index in [0.29, 0.717) is 67.6 Å². The SMILES string of the molecule is CCOc1cccc(-c2cc(CN3CCN(c4ccc(C(=O)NCC(F)(F)F)nn4)CC3)cc(C(F)(F)F)c2)c1. The summed E-state index contributed by atoms with van der Waals surface area (Å²) in [5.41, 5.74) is 0.625. The Hall–Kier alpha value is -3.87. The number of nitrogens with zero attached hydrogens (tertiary/aromatic N) is 4. The highest BCUT2D eigenvalue weighted by molar-refractivity contribution is 5.92. The van der Waals surface area contributed by atoms with Crippen LogP contribution in [-0.4, -0.2) is 66.5 Å². The second kappa shape index (κ2) is 12.1. The maximum absolute atomic E-state index is 13.7. The van der Waals surface area contributed by atoms with E-state index in [9.17, 15) is 31.1 Å². The minimum atomic E-state index is -4.53. The number of anilines is 1. The summed E-state index contributed by atoms with van der Waals surface area (Å²) < 4.78 is 83.6. The number of halogens is 6. The van der Waals surface area contributed by atoms with E-state index in [1.54, 1.807) is 35.6 Å². The molecule has 1 saturated heterocycles. The quantitative estimate of drug-likeness (QED) is 0.379. The standard InChI is InChI=1S/C27H27F6N5O2/c1-2-40-22-5-3-4-19(15-22)20-12-18(13-21(14-20)27(31,32)33)16-37-8-10-38(11-9-37)24-7-6-23(35-36-24)25(39)34-17-26(28,29)30/h3-7,12-15H,2,8-11,16-17H2,1H3,(H,34,39). The molecule has 0 atom stereocenters. The van der Waals surface area contributed by atoms with Crippen molar-refractivity contribution in [1.82, 2.24) is 20.4 Å². The van der Waals surface area contributed by atoms with Gasteiger partial charge in [-0.05, 0) is 66.1 Å². The van der Waals surface area contributed by atoms with Crippen LogP contribution in [0.1, 0.15) is 28.5 Å². The second-order valence-electron chi connectivity index (χ2n) is 9.22. The van der Waals surface area contributed by atoms with Gasteiger partial charge in [-0.25, -0.2) is 0 Å². The molecule has 214 valence electrons. The van der Waals surface area contributed by atoms with Gasteiger partial charge in [0.2, 0.25) is 0 Å². The van der Waals surface area contributed by atoms with E-state index in [1.165, 1.54) is 12.1 Å². The molecule has 2 heterocycles. The first-order valence-electron chi connectivity index (χ1n) is 12.5. The Bertz CT molecular complexity index is 1310. The number of carbonyl (C=O) groups is 1. The number of alkyl halides is 6.